The number of para-hydroxylation sites is 1. The van der Waals surface area contributed by atoms with Gasteiger partial charge in [0.15, 0.2) is 0 Å². The summed E-state index contributed by atoms with van der Waals surface area (Å²) in [6.07, 6.45) is 0. The fourth-order valence-electron chi connectivity index (χ4n) is 1.72. The van der Waals surface area contributed by atoms with E-state index in [1.54, 1.807) is 12.1 Å². The Morgan fingerprint density at radius 1 is 1.00 bits per heavy atom. The van der Waals surface area contributed by atoms with Crippen LogP contribution < -0.4 is 5.32 Å². The third kappa shape index (κ3) is 3.58. The van der Waals surface area contributed by atoms with Crippen LogP contribution in [-0.2, 0) is 0 Å². The first-order chi connectivity index (χ1) is 8.99. The lowest BCUT2D eigenvalue weighted by molar-refractivity contribution is 0.619. The highest BCUT2D eigenvalue weighted by atomic mass is 79.9. The Labute approximate surface area is 137 Å². The minimum absolute atomic E-state index is 0.0619. The monoisotopic (exact) mass is 449 g/mol. The van der Waals surface area contributed by atoms with Gasteiger partial charge < -0.3 is 5.32 Å². The van der Waals surface area contributed by atoms with Gasteiger partial charge in [-0.05, 0) is 84.5 Å². The van der Waals surface area contributed by atoms with Crippen LogP contribution in [-0.4, -0.2) is 0 Å². The van der Waals surface area contributed by atoms with E-state index >= 15 is 0 Å². The Bertz CT molecular complexity index is 581. The molecule has 2 aromatic carbocycles. The smallest absolute Gasteiger partial charge is 0.137 e. The molecule has 0 heterocycles. The molecule has 0 amide bonds. The summed E-state index contributed by atoms with van der Waals surface area (Å²) in [5, 5.41) is 3.40. The molecule has 0 radical (unpaired) electrons. The molecule has 100 valence electrons. The average molecular weight is 452 g/mol. The van der Waals surface area contributed by atoms with Crippen molar-refractivity contribution in [1.29, 1.82) is 0 Å². The maximum Gasteiger partial charge on any atom is 0.137 e. The van der Waals surface area contributed by atoms with Gasteiger partial charge in [0.05, 0.1) is 10.2 Å². The number of halogens is 4. The third-order valence-corrected chi connectivity index (χ3v) is 4.70. The zero-order valence-corrected chi connectivity index (χ0v) is 14.8. The van der Waals surface area contributed by atoms with Gasteiger partial charge in [0.2, 0.25) is 0 Å². The summed E-state index contributed by atoms with van der Waals surface area (Å²) in [4.78, 5) is 0. The highest BCUT2D eigenvalue weighted by Crippen LogP contribution is 2.33. The van der Waals surface area contributed by atoms with Crippen molar-refractivity contribution in [3.05, 3.63) is 61.2 Å². The molecule has 1 nitrogen and oxygen atoms in total. The van der Waals surface area contributed by atoms with E-state index < -0.39 is 0 Å². The van der Waals surface area contributed by atoms with Crippen LogP contribution in [0.15, 0.2) is 49.8 Å². The lowest BCUT2D eigenvalue weighted by Gasteiger charge is -2.18. The highest BCUT2D eigenvalue weighted by molar-refractivity contribution is 9.11. The van der Waals surface area contributed by atoms with Gasteiger partial charge in [-0.15, -0.1) is 0 Å². The predicted octanol–water partition coefficient (Wildman–Crippen LogP) is 6.29. The van der Waals surface area contributed by atoms with Crippen LogP contribution in [0.4, 0.5) is 10.1 Å². The van der Waals surface area contributed by atoms with Crippen LogP contribution in [0.1, 0.15) is 18.5 Å². The molecule has 0 aliphatic rings. The summed E-state index contributed by atoms with van der Waals surface area (Å²) in [6, 6.07) is 11.0. The molecule has 5 heteroatoms. The second kappa shape index (κ2) is 6.37. The molecular formula is C14H11Br3FN. The highest BCUT2D eigenvalue weighted by Gasteiger charge is 2.11. The van der Waals surface area contributed by atoms with Crippen LogP contribution in [0.5, 0.6) is 0 Å². The summed E-state index contributed by atoms with van der Waals surface area (Å²) in [6.45, 7) is 2.03. The molecule has 0 aromatic heterocycles. The van der Waals surface area contributed by atoms with Crippen LogP contribution in [0.3, 0.4) is 0 Å². The van der Waals surface area contributed by atoms with Crippen molar-refractivity contribution in [2.24, 2.45) is 0 Å². The molecule has 0 fully saturated rings. The van der Waals surface area contributed by atoms with Crippen molar-refractivity contribution in [2.75, 3.05) is 5.32 Å². The first kappa shape index (κ1) is 15.0. The maximum absolute atomic E-state index is 13.2. The second-order valence-electron chi connectivity index (χ2n) is 4.14. The summed E-state index contributed by atoms with van der Waals surface area (Å²) in [5.41, 5.74) is 1.99. The van der Waals surface area contributed by atoms with Crippen molar-refractivity contribution in [1.82, 2.24) is 0 Å². The predicted molar refractivity (Wildman–Crippen MR) is 88.0 cm³/mol. The van der Waals surface area contributed by atoms with E-state index in [1.165, 1.54) is 6.07 Å². The van der Waals surface area contributed by atoms with E-state index in [-0.39, 0.29) is 11.9 Å². The minimum atomic E-state index is -0.252. The summed E-state index contributed by atoms with van der Waals surface area (Å²) in [5.74, 6) is -0.252. The molecule has 2 rings (SSSR count). The Kier molecular flexibility index (Phi) is 5.03. The standard InChI is InChI=1S/C14H11Br3FN/c1-8(9-5-6-13(18)12(17)7-9)19-14-10(15)3-2-4-11(14)16/h2-8,19H,1H3. The SMILES string of the molecule is CC(Nc1c(Br)cccc1Br)c1ccc(F)c(Br)c1. The van der Waals surface area contributed by atoms with Gasteiger partial charge in [-0.25, -0.2) is 4.39 Å². The van der Waals surface area contributed by atoms with Gasteiger partial charge in [-0.2, -0.15) is 0 Å². The van der Waals surface area contributed by atoms with E-state index in [4.69, 9.17) is 0 Å². The lowest BCUT2D eigenvalue weighted by atomic mass is 10.1. The summed E-state index contributed by atoms with van der Waals surface area (Å²) >= 11 is 10.2. The van der Waals surface area contributed by atoms with Gasteiger partial charge >= 0.3 is 0 Å². The third-order valence-electron chi connectivity index (χ3n) is 2.77. The van der Waals surface area contributed by atoms with E-state index in [1.807, 2.05) is 25.1 Å². The van der Waals surface area contributed by atoms with Crippen LogP contribution in [0, 0.1) is 5.82 Å². The summed E-state index contributed by atoms with van der Waals surface area (Å²) < 4.78 is 15.7. The molecule has 0 saturated heterocycles. The number of hydrogen-bond donors (Lipinski definition) is 1. The molecule has 19 heavy (non-hydrogen) atoms. The molecule has 0 aliphatic heterocycles. The number of benzene rings is 2. The molecule has 0 saturated carbocycles. The maximum atomic E-state index is 13.2. The van der Waals surface area contributed by atoms with Gasteiger partial charge in [0.1, 0.15) is 5.82 Å². The number of rotatable bonds is 3. The van der Waals surface area contributed by atoms with E-state index in [9.17, 15) is 4.39 Å². The Balaban J connectivity index is 2.25. The Hall–Kier alpha value is -0.390. The topological polar surface area (TPSA) is 12.0 Å². The van der Waals surface area contributed by atoms with Crippen molar-refractivity contribution >= 4 is 53.5 Å². The zero-order valence-electron chi connectivity index (χ0n) is 10.1. The number of anilines is 1. The van der Waals surface area contributed by atoms with Crippen LogP contribution >= 0.6 is 47.8 Å². The van der Waals surface area contributed by atoms with Crippen molar-refractivity contribution in [3.63, 3.8) is 0 Å². The number of hydrogen-bond acceptors (Lipinski definition) is 1. The van der Waals surface area contributed by atoms with E-state index in [0.717, 1.165) is 20.2 Å². The van der Waals surface area contributed by atoms with Gasteiger partial charge in [0, 0.05) is 15.0 Å². The fraction of sp³-hybridized carbons (Fsp3) is 0.143. The summed E-state index contributed by atoms with van der Waals surface area (Å²) in [7, 11) is 0. The van der Waals surface area contributed by atoms with Gasteiger partial charge in [-0.3, -0.25) is 0 Å². The molecule has 1 N–H and O–H groups in total. The zero-order chi connectivity index (χ0) is 14.0. The fourth-order valence-corrected chi connectivity index (χ4v) is 3.34. The van der Waals surface area contributed by atoms with Crippen molar-refractivity contribution in [2.45, 2.75) is 13.0 Å². The molecule has 0 bridgehead atoms. The number of nitrogens with one attached hydrogen (secondary N) is 1. The lowest BCUT2D eigenvalue weighted by Crippen LogP contribution is -2.07. The van der Waals surface area contributed by atoms with E-state index in [2.05, 4.69) is 53.1 Å². The Morgan fingerprint density at radius 3 is 2.21 bits per heavy atom. The molecular weight excluding hydrogens is 441 g/mol. The average Bonchev–Trinajstić information content (AvgIpc) is 2.37. The molecule has 0 spiro atoms. The molecule has 2 aromatic rings. The van der Waals surface area contributed by atoms with Crippen LogP contribution in [0.2, 0.25) is 0 Å². The minimum Gasteiger partial charge on any atom is -0.377 e. The van der Waals surface area contributed by atoms with Crippen molar-refractivity contribution in [3.8, 4) is 0 Å². The van der Waals surface area contributed by atoms with Crippen LogP contribution in [0.25, 0.3) is 0 Å². The van der Waals surface area contributed by atoms with Crippen molar-refractivity contribution < 1.29 is 4.39 Å². The molecule has 0 aliphatic carbocycles. The van der Waals surface area contributed by atoms with E-state index in [0.29, 0.717) is 4.47 Å². The van der Waals surface area contributed by atoms with Gasteiger partial charge in [-0.1, -0.05) is 12.1 Å². The first-order valence-electron chi connectivity index (χ1n) is 5.64. The molecule has 1 unspecified atom stereocenters. The normalized spacial score (nSPS) is 12.3. The molecule has 1 atom stereocenters. The Morgan fingerprint density at radius 2 is 1.63 bits per heavy atom. The quantitative estimate of drug-likeness (QED) is 0.578. The second-order valence-corrected chi connectivity index (χ2v) is 6.70. The first-order valence-corrected chi connectivity index (χ1v) is 8.02. The van der Waals surface area contributed by atoms with Gasteiger partial charge in [0.25, 0.3) is 0 Å². The largest absolute Gasteiger partial charge is 0.377 e.